The Balaban J connectivity index is 1.30. The number of aliphatic hydroxyl groups is 1. The average Bonchev–Trinajstić information content (AvgIpc) is 3.20. The van der Waals surface area contributed by atoms with Crippen molar-refractivity contribution in [3.8, 4) is 0 Å². The minimum absolute atomic E-state index is 0.0903. The molecule has 9 atom stereocenters. The van der Waals surface area contributed by atoms with E-state index < -0.39 is 0 Å². The van der Waals surface area contributed by atoms with Gasteiger partial charge in [0, 0.05) is 24.0 Å². The monoisotopic (exact) mass is 473 g/mol. The molecule has 2 unspecified atom stereocenters. The molecule has 0 aromatic carbocycles. The summed E-state index contributed by atoms with van der Waals surface area (Å²) in [5.41, 5.74) is 13.5. The summed E-state index contributed by atoms with van der Waals surface area (Å²) in [7, 11) is 0. The Bertz CT molecular complexity index is 758. The summed E-state index contributed by atoms with van der Waals surface area (Å²) in [5, 5.41) is 13.9. The van der Waals surface area contributed by atoms with Crippen LogP contribution in [0.1, 0.15) is 104 Å². The van der Waals surface area contributed by atoms with Gasteiger partial charge < -0.3 is 26.6 Å². The highest BCUT2D eigenvalue weighted by atomic mass is 16.5. The van der Waals surface area contributed by atoms with Crippen LogP contribution in [0.5, 0.6) is 0 Å². The number of hydrogen-bond donors (Lipinski definition) is 4. The van der Waals surface area contributed by atoms with Gasteiger partial charge in [-0.1, -0.05) is 12.8 Å². The van der Waals surface area contributed by atoms with E-state index in [4.69, 9.17) is 16.2 Å². The third-order valence-electron chi connectivity index (χ3n) is 12.0. The maximum atomic E-state index is 10.3. The van der Waals surface area contributed by atoms with Crippen molar-refractivity contribution in [2.24, 2.45) is 52.4 Å². The van der Waals surface area contributed by atoms with Crippen molar-refractivity contribution >= 4 is 0 Å². The van der Waals surface area contributed by atoms with Crippen molar-refractivity contribution < 1.29 is 9.84 Å². The summed E-state index contributed by atoms with van der Waals surface area (Å²) in [4.78, 5) is 0. The lowest BCUT2D eigenvalue weighted by molar-refractivity contribution is -0.324. The Morgan fingerprint density at radius 3 is 2.50 bits per heavy atom. The van der Waals surface area contributed by atoms with Crippen LogP contribution in [0.2, 0.25) is 0 Å². The Labute approximate surface area is 207 Å². The lowest BCUT2D eigenvalue weighted by atomic mass is 9.43. The molecule has 3 saturated heterocycles. The molecule has 4 saturated carbocycles. The highest BCUT2D eigenvalue weighted by Gasteiger charge is 2.70. The molecule has 3 aliphatic heterocycles. The highest BCUT2D eigenvalue weighted by Crippen LogP contribution is 2.67. The van der Waals surface area contributed by atoms with Crippen LogP contribution < -0.4 is 16.8 Å². The van der Waals surface area contributed by atoms with Gasteiger partial charge in [-0.15, -0.1) is 0 Å². The number of piperidine rings is 1. The standard InChI is InChI=1S/C29H51N3O2/c1-26(2)25-21-6-7-22(17-33)29(25,31)18-28(14-21,34-26)23-12-20(11-19-5-8-24(30)32-16-19)13-27(15-23)9-3-4-10-27/h19-25,32-33H,3-18,30-31H2,1-2H3/t19?,20-,21-,22-,23-,24?,25-,28+,29-/m1/s1. The van der Waals surface area contributed by atoms with E-state index in [1.807, 2.05) is 0 Å². The predicted molar refractivity (Wildman–Crippen MR) is 136 cm³/mol. The van der Waals surface area contributed by atoms with E-state index >= 15 is 0 Å². The van der Waals surface area contributed by atoms with Crippen LogP contribution in [0.15, 0.2) is 0 Å². The van der Waals surface area contributed by atoms with E-state index in [9.17, 15) is 5.11 Å². The molecule has 4 bridgehead atoms. The van der Waals surface area contributed by atoms with Gasteiger partial charge in [0.2, 0.25) is 0 Å². The Kier molecular flexibility index (Phi) is 5.97. The van der Waals surface area contributed by atoms with E-state index in [0.29, 0.717) is 23.2 Å². The maximum Gasteiger partial charge on any atom is 0.0738 e. The first-order valence-electron chi connectivity index (χ1n) is 14.8. The first-order valence-corrected chi connectivity index (χ1v) is 14.8. The lowest BCUT2D eigenvalue weighted by Gasteiger charge is -2.71. The van der Waals surface area contributed by atoms with Gasteiger partial charge in [-0.2, -0.15) is 0 Å². The van der Waals surface area contributed by atoms with E-state index in [-0.39, 0.29) is 35.4 Å². The summed E-state index contributed by atoms with van der Waals surface area (Å²) >= 11 is 0. The topological polar surface area (TPSA) is 93.5 Å². The van der Waals surface area contributed by atoms with Crippen molar-refractivity contribution in [2.45, 2.75) is 127 Å². The Morgan fingerprint density at radius 1 is 1.00 bits per heavy atom. The normalized spacial score (nSPS) is 51.6. The summed E-state index contributed by atoms with van der Waals surface area (Å²) in [6, 6.07) is 0. The molecule has 0 radical (unpaired) electrons. The zero-order chi connectivity index (χ0) is 23.8. The Hall–Kier alpha value is -0.200. The van der Waals surface area contributed by atoms with Crippen molar-refractivity contribution in [1.82, 2.24) is 5.32 Å². The van der Waals surface area contributed by atoms with Crippen LogP contribution in [-0.4, -0.2) is 41.2 Å². The molecule has 0 aromatic rings. The molecule has 0 amide bonds. The lowest BCUT2D eigenvalue weighted by Crippen LogP contribution is -2.78. The molecule has 34 heavy (non-hydrogen) atoms. The van der Waals surface area contributed by atoms with E-state index in [1.165, 1.54) is 70.6 Å². The quantitative estimate of drug-likeness (QED) is 0.488. The van der Waals surface area contributed by atoms with Crippen molar-refractivity contribution in [3.63, 3.8) is 0 Å². The minimum atomic E-state index is -0.267. The number of fused-ring (bicyclic) bond motifs is 1. The molecule has 7 fully saturated rings. The fourth-order valence-corrected chi connectivity index (χ4v) is 11.1. The van der Waals surface area contributed by atoms with Gasteiger partial charge >= 0.3 is 0 Å². The number of nitrogens with two attached hydrogens (primary N) is 2. The molecule has 7 aliphatic rings. The van der Waals surface area contributed by atoms with Gasteiger partial charge in [0.1, 0.15) is 0 Å². The maximum absolute atomic E-state index is 10.3. The molecule has 194 valence electrons. The molecule has 3 heterocycles. The minimum Gasteiger partial charge on any atom is -0.396 e. The van der Waals surface area contributed by atoms with Crippen LogP contribution in [0.25, 0.3) is 0 Å². The van der Waals surface area contributed by atoms with Gasteiger partial charge in [-0.05, 0) is 127 Å². The molecular weight excluding hydrogens is 422 g/mol. The van der Waals surface area contributed by atoms with Crippen LogP contribution in [0, 0.1) is 40.9 Å². The second-order valence-corrected chi connectivity index (χ2v) is 14.6. The summed E-state index contributed by atoms with van der Waals surface area (Å²) < 4.78 is 7.26. The second-order valence-electron chi connectivity index (χ2n) is 14.6. The van der Waals surface area contributed by atoms with Crippen LogP contribution in [-0.2, 0) is 4.74 Å². The molecule has 5 nitrogen and oxygen atoms in total. The van der Waals surface area contributed by atoms with E-state index in [2.05, 4.69) is 19.2 Å². The third kappa shape index (κ3) is 3.83. The highest BCUT2D eigenvalue weighted by molar-refractivity contribution is 5.22. The van der Waals surface area contributed by atoms with Gasteiger partial charge in [-0.25, -0.2) is 0 Å². The smallest absolute Gasteiger partial charge is 0.0738 e. The van der Waals surface area contributed by atoms with Gasteiger partial charge in [0.25, 0.3) is 0 Å². The summed E-state index contributed by atoms with van der Waals surface area (Å²) in [6.45, 7) is 5.97. The fraction of sp³-hybridized carbons (Fsp3) is 1.00. The zero-order valence-electron chi connectivity index (χ0n) is 21.9. The first kappa shape index (κ1) is 24.2. The second kappa shape index (κ2) is 8.41. The summed E-state index contributed by atoms with van der Waals surface area (Å²) in [6.07, 6.45) is 18.2. The molecular formula is C29H51N3O2. The number of nitrogens with one attached hydrogen (secondary N) is 1. The Morgan fingerprint density at radius 2 is 1.79 bits per heavy atom. The number of hydrogen-bond acceptors (Lipinski definition) is 5. The van der Waals surface area contributed by atoms with E-state index in [1.54, 1.807) is 0 Å². The van der Waals surface area contributed by atoms with E-state index in [0.717, 1.165) is 37.6 Å². The van der Waals surface area contributed by atoms with Gasteiger partial charge in [0.15, 0.2) is 0 Å². The molecule has 1 spiro atoms. The van der Waals surface area contributed by atoms with Gasteiger partial charge in [-0.3, -0.25) is 0 Å². The zero-order valence-corrected chi connectivity index (χ0v) is 21.9. The fourth-order valence-electron chi connectivity index (χ4n) is 11.1. The number of ether oxygens (including phenoxy) is 1. The number of aliphatic hydroxyl groups excluding tert-OH is 1. The van der Waals surface area contributed by atoms with Crippen molar-refractivity contribution in [2.75, 3.05) is 13.2 Å². The predicted octanol–water partition coefficient (Wildman–Crippen LogP) is 4.31. The SMILES string of the molecule is CC1(C)O[C@@]2([C@@H]3C[C@@H](CC4CCC(N)NC4)CC4(CCCC4)C3)C[C@H]3CC[C@H](CO)[C@](N)(C2)[C@H]31. The molecule has 4 aliphatic carbocycles. The molecule has 7 rings (SSSR count). The van der Waals surface area contributed by atoms with Crippen molar-refractivity contribution in [3.05, 3.63) is 0 Å². The van der Waals surface area contributed by atoms with Crippen LogP contribution in [0.3, 0.4) is 0 Å². The third-order valence-corrected chi connectivity index (χ3v) is 12.0. The van der Waals surface area contributed by atoms with Crippen LogP contribution >= 0.6 is 0 Å². The average molecular weight is 474 g/mol. The summed E-state index contributed by atoms with van der Waals surface area (Å²) in [5.74, 6) is 3.47. The molecule has 0 aromatic heterocycles. The molecule has 6 N–H and O–H groups in total. The largest absolute Gasteiger partial charge is 0.396 e. The molecule has 5 heteroatoms. The first-order chi connectivity index (χ1) is 16.2. The number of rotatable bonds is 4. The van der Waals surface area contributed by atoms with Crippen LogP contribution in [0.4, 0.5) is 0 Å². The van der Waals surface area contributed by atoms with Crippen molar-refractivity contribution in [1.29, 1.82) is 0 Å². The van der Waals surface area contributed by atoms with Gasteiger partial charge in [0.05, 0.1) is 17.4 Å².